The first-order valence-electron chi connectivity index (χ1n) is 3.29. The summed E-state index contributed by atoms with van der Waals surface area (Å²) in [6.45, 7) is 1.16. The maximum atomic E-state index is 10.8. The number of aliphatic hydroxyl groups is 1. The summed E-state index contributed by atoms with van der Waals surface area (Å²) < 4.78 is 21.6. The van der Waals surface area contributed by atoms with Gasteiger partial charge in [-0.2, -0.15) is 0 Å². The van der Waals surface area contributed by atoms with Crippen LogP contribution in [0.1, 0.15) is 0 Å². The highest BCUT2D eigenvalue weighted by atomic mass is 32.2. The maximum absolute atomic E-state index is 10.8. The SMILES string of the molecule is O=S1(=O)CC[NH+](CO)CC1. The molecule has 4 nitrogen and oxygen atoms in total. The van der Waals surface area contributed by atoms with E-state index in [0.29, 0.717) is 13.1 Å². The monoisotopic (exact) mass is 166 g/mol. The number of sulfone groups is 1. The summed E-state index contributed by atoms with van der Waals surface area (Å²) in [6, 6.07) is 0. The Labute approximate surface area is 60.4 Å². The molecule has 0 bridgehead atoms. The van der Waals surface area contributed by atoms with Crippen LogP contribution in [-0.2, 0) is 9.84 Å². The van der Waals surface area contributed by atoms with Gasteiger partial charge < -0.3 is 10.0 Å². The van der Waals surface area contributed by atoms with Crippen LogP contribution >= 0.6 is 0 Å². The second-order valence-electron chi connectivity index (χ2n) is 2.56. The highest BCUT2D eigenvalue weighted by Gasteiger charge is 2.23. The molecule has 0 aliphatic carbocycles. The molecule has 1 heterocycles. The molecule has 0 atom stereocenters. The van der Waals surface area contributed by atoms with E-state index in [2.05, 4.69) is 0 Å². The Bertz CT molecular complexity index is 185. The van der Waals surface area contributed by atoms with Gasteiger partial charge >= 0.3 is 0 Å². The molecule has 0 spiro atoms. The third-order valence-electron chi connectivity index (χ3n) is 1.76. The molecule has 60 valence electrons. The highest BCUT2D eigenvalue weighted by Crippen LogP contribution is 1.88. The molecule has 1 rings (SSSR count). The third kappa shape index (κ3) is 1.93. The summed E-state index contributed by atoms with van der Waals surface area (Å²) in [5.41, 5.74) is 0. The van der Waals surface area contributed by atoms with Crippen LogP contribution in [0.4, 0.5) is 0 Å². The fraction of sp³-hybridized carbons (Fsp3) is 1.00. The van der Waals surface area contributed by atoms with Gasteiger partial charge in [0.15, 0.2) is 16.6 Å². The molecule has 0 amide bonds. The van der Waals surface area contributed by atoms with Gasteiger partial charge in [0.05, 0.1) is 24.6 Å². The van der Waals surface area contributed by atoms with Gasteiger partial charge in [0.25, 0.3) is 0 Å². The van der Waals surface area contributed by atoms with Crippen LogP contribution in [-0.4, -0.2) is 44.9 Å². The zero-order valence-corrected chi connectivity index (χ0v) is 6.52. The van der Waals surface area contributed by atoms with Crippen molar-refractivity contribution in [3.8, 4) is 0 Å². The Morgan fingerprint density at radius 2 is 1.80 bits per heavy atom. The van der Waals surface area contributed by atoms with Gasteiger partial charge in [-0.3, -0.25) is 0 Å². The molecule has 5 heteroatoms. The van der Waals surface area contributed by atoms with Gasteiger partial charge in [0.2, 0.25) is 0 Å². The predicted octanol–water partition coefficient (Wildman–Crippen LogP) is -2.75. The van der Waals surface area contributed by atoms with E-state index in [1.54, 1.807) is 0 Å². The summed E-state index contributed by atoms with van der Waals surface area (Å²) in [6.07, 6.45) is 0. The molecular weight excluding hydrogens is 154 g/mol. The molecule has 10 heavy (non-hydrogen) atoms. The normalized spacial score (nSPS) is 26.5. The Morgan fingerprint density at radius 3 is 2.20 bits per heavy atom. The van der Waals surface area contributed by atoms with Crippen molar-refractivity contribution >= 4 is 9.84 Å². The Balaban J connectivity index is 2.46. The van der Waals surface area contributed by atoms with Crippen molar-refractivity contribution in [2.24, 2.45) is 0 Å². The summed E-state index contributed by atoms with van der Waals surface area (Å²) in [5.74, 6) is 0.450. The quantitative estimate of drug-likeness (QED) is 0.444. The van der Waals surface area contributed by atoms with Crippen LogP contribution < -0.4 is 4.90 Å². The molecule has 1 aliphatic rings. The minimum absolute atomic E-state index is 0.0511. The smallest absolute Gasteiger partial charge is 0.178 e. The van der Waals surface area contributed by atoms with Gasteiger partial charge in [-0.25, -0.2) is 8.42 Å². The number of hydrogen-bond donors (Lipinski definition) is 2. The number of aliphatic hydroxyl groups excluding tert-OH is 1. The molecule has 0 aromatic rings. The van der Waals surface area contributed by atoms with Crippen molar-refractivity contribution in [2.45, 2.75) is 0 Å². The topological polar surface area (TPSA) is 58.8 Å². The van der Waals surface area contributed by atoms with Crippen LogP contribution in [0, 0.1) is 0 Å². The van der Waals surface area contributed by atoms with Gasteiger partial charge in [0.1, 0.15) is 0 Å². The van der Waals surface area contributed by atoms with E-state index in [-0.39, 0.29) is 18.2 Å². The first-order chi connectivity index (χ1) is 4.64. The van der Waals surface area contributed by atoms with Gasteiger partial charge in [0, 0.05) is 0 Å². The molecule has 0 radical (unpaired) electrons. The highest BCUT2D eigenvalue weighted by molar-refractivity contribution is 7.91. The van der Waals surface area contributed by atoms with E-state index in [0.717, 1.165) is 4.90 Å². The minimum atomic E-state index is -2.76. The van der Waals surface area contributed by atoms with Gasteiger partial charge in [-0.15, -0.1) is 0 Å². The fourth-order valence-corrected chi connectivity index (χ4v) is 2.39. The van der Waals surface area contributed by atoms with Crippen molar-refractivity contribution in [3.05, 3.63) is 0 Å². The predicted molar refractivity (Wildman–Crippen MR) is 36.4 cm³/mol. The van der Waals surface area contributed by atoms with Crippen LogP contribution in [0.5, 0.6) is 0 Å². The van der Waals surface area contributed by atoms with Gasteiger partial charge in [-0.1, -0.05) is 0 Å². The van der Waals surface area contributed by atoms with E-state index in [9.17, 15) is 8.42 Å². The van der Waals surface area contributed by atoms with E-state index >= 15 is 0 Å². The standard InChI is InChI=1S/C5H11NO3S/c7-5-6-1-3-10(8,9)4-2-6/h7H,1-5H2/p+1. The van der Waals surface area contributed by atoms with Crippen LogP contribution in [0.25, 0.3) is 0 Å². The van der Waals surface area contributed by atoms with E-state index < -0.39 is 9.84 Å². The summed E-state index contributed by atoms with van der Waals surface area (Å²) in [5, 5.41) is 8.63. The number of rotatable bonds is 1. The average molecular weight is 166 g/mol. The largest absolute Gasteiger partial charge is 0.347 e. The van der Waals surface area contributed by atoms with Gasteiger partial charge in [-0.05, 0) is 0 Å². The molecule has 1 fully saturated rings. The molecule has 1 aliphatic heterocycles. The lowest BCUT2D eigenvalue weighted by atomic mass is 10.5. The van der Waals surface area contributed by atoms with Crippen LogP contribution in [0.15, 0.2) is 0 Å². The van der Waals surface area contributed by atoms with E-state index in [1.807, 2.05) is 0 Å². The lowest BCUT2D eigenvalue weighted by molar-refractivity contribution is -0.915. The zero-order valence-electron chi connectivity index (χ0n) is 5.71. The molecule has 0 unspecified atom stereocenters. The fourth-order valence-electron chi connectivity index (χ4n) is 0.985. The van der Waals surface area contributed by atoms with E-state index in [4.69, 9.17) is 5.11 Å². The third-order valence-corrected chi connectivity index (χ3v) is 3.41. The van der Waals surface area contributed by atoms with Crippen molar-refractivity contribution in [2.75, 3.05) is 31.3 Å². The molecule has 2 N–H and O–H groups in total. The number of hydrogen-bond acceptors (Lipinski definition) is 3. The number of quaternary nitrogens is 1. The second kappa shape index (κ2) is 2.86. The first kappa shape index (κ1) is 7.97. The van der Waals surface area contributed by atoms with Crippen molar-refractivity contribution in [3.63, 3.8) is 0 Å². The zero-order chi connectivity index (χ0) is 7.61. The second-order valence-corrected chi connectivity index (χ2v) is 4.86. The van der Waals surface area contributed by atoms with Crippen molar-refractivity contribution < 1.29 is 18.4 Å². The van der Waals surface area contributed by atoms with Crippen molar-refractivity contribution in [1.82, 2.24) is 0 Å². The molecule has 0 aromatic heterocycles. The lowest BCUT2D eigenvalue weighted by Gasteiger charge is -2.20. The van der Waals surface area contributed by atoms with Crippen molar-refractivity contribution in [1.29, 1.82) is 0 Å². The molecule has 1 saturated heterocycles. The Hall–Kier alpha value is -0.130. The minimum Gasteiger partial charge on any atom is -0.347 e. The van der Waals surface area contributed by atoms with E-state index in [1.165, 1.54) is 0 Å². The molecule has 0 aromatic carbocycles. The molecule has 0 saturated carbocycles. The Kier molecular flexibility index (Phi) is 2.28. The molecular formula is C5H12NO3S+. The first-order valence-corrected chi connectivity index (χ1v) is 5.11. The summed E-state index contributed by atoms with van der Waals surface area (Å²) in [4.78, 5) is 0.967. The average Bonchev–Trinajstić information content (AvgIpc) is 1.88. The number of nitrogens with one attached hydrogen (secondary N) is 1. The summed E-state index contributed by atoms with van der Waals surface area (Å²) >= 11 is 0. The van der Waals surface area contributed by atoms with Crippen LogP contribution in [0.2, 0.25) is 0 Å². The Morgan fingerprint density at radius 1 is 1.30 bits per heavy atom. The summed E-state index contributed by atoms with van der Waals surface area (Å²) in [7, 11) is -2.76. The lowest BCUT2D eigenvalue weighted by Crippen LogP contribution is -3.14. The van der Waals surface area contributed by atoms with Crippen LogP contribution in [0.3, 0.4) is 0 Å². The maximum Gasteiger partial charge on any atom is 0.178 e.